The van der Waals surface area contributed by atoms with Crippen molar-refractivity contribution in [2.45, 2.75) is 31.6 Å². The zero-order chi connectivity index (χ0) is 14.9. The van der Waals surface area contributed by atoms with Crippen LogP contribution < -0.4 is 0 Å². The van der Waals surface area contributed by atoms with Crippen molar-refractivity contribution in [1.29, 1.82) is 0 Å². The first-order valence-electron chi connectivity index (χ1n) is 6.34. The number of hydrogen-bond acceptors (Lipinski definition) is 4. The first kappa shape index (κ1) is 15.0. The number of sulfonamides is 1. The molecule has 1 aromatic rings. The second kappa shape index (κ2) is 5.51. The van der Waals surface area contributed by atoms with E-state index >= 15 is 0 Å². The van der Waals surface area contributed by atoms with Gasteiger partial charge in [-0.25, -0.2) is 13.2 Å². The van der Waals surface area contributed by atoms with Gasteiger partial charge in [0, 0.05) is 6.54 Å². The van der Waals surface area contributed by atoms with Crippen LogP contribution in [0.1, 0.15) is 34.3 Å². The maximum atomic E-state index is 12.5. The quantitative estimate of drug-likeness (QED) is 0.918. The topological polar surface area (TPSA) is 83.9 Å². The molecule has 0 unspecified atom stereocenters. The monoisotopic (exact) mass is 299 g/mol. The highest BCUT2D eigenvalue weighted by Gasteiger charge is 2.30. The molecule has 2 rings (SSSR count). The second-order valence-corrected chi connectivity index (χ2v) is 6.59. The number of aryl methyl sites for hydroxylation is 1. The summed E-state index contributed by atoms with van der Waals surface area (Å²) in [5.41, 5.74) is 1.13. The van der Waals surface area contributed by atoms with Crippen molar-refractivity contribution in [3.63, 3.8) is 0 Å². The van der Waals surface area contributed by atoms with Gasteiger partial charge < -0.3 is 5.11 Å². The van der Waals surface area contributed by atoms with E-state index in [9.17, 15) is 13.2 Å². The molecule has 0 spiro atoms. The third-order valence-corrected chi connectivity index (χ3v) is 5.19. The number of benzene rings is 1. The van der Waals surface area contributed by atoms with Gasteiger partial charge in [0.15, 0.2) is 0 Å². The molecule has 0 aromatic heterocycles. The van der Waals surface area contributed by atoms with E-state index in [2.05, 4.69) is 0 Å². The Morgan fingerprint density at radius 3 is 2.55 bits per heavy atom. The largest absolute Gasteiger partial charge is 0.478 e. The summed E-state index contributed by atoms with van der Waals surface area (Å²) in [6, 6.07) is 2.66. The molecule has 1 aliphatic heterocycles. The number of hydroxylamine groups is 1. The van der Waals surface area contributed by atoms with Gasteiger partial charge in [-0.3, -0.25) is 4.84 Å². The molecular formula is C13H17NO5S. The van der Waals surface area contributed by atoms with Gasteiger partial charge in [-0.1, -0.05) is 4.47 Å². The summed E-state index contributed by atoms with van der Waals surface area (Å²) in [6.45, 7) is 4.00. The summed E-state index contributed by atoms with van der Waals surface area (Å²) in [6.07, 6.45) is 1.55. The van der Waals surface area contributed by atoms with E-state index in [0.29, 0.717) is 17.7 Å². The van der Waals surface area contributed by atoms with Crippen LogP contribution in [0.4, 0.5) is 0 Å². The van der Waals surface area contributed by atoms with Crippen LogP contribution in [-0.2, 0) is 14.9 Å². The minimum absolute atomic E-state index is 0.00296. The van der Waals surface area contributed by atoms with Crippen molar-refractivity contribution in [2.24, 2.45) is 0 Å². The van der Waals surface area contributed by atoms with Crippen LogP contribution in [0.2, 0.25) is 0 Å². The summed E-state index contributed by atoms with van der Waals surface area (Å²) in [5, 5.41) is 9.06. The summed E-state index contributed by atoms with van der Waals surface area (Å²) < 4.78 is 26.0. The Kier molecular flexibility index (Phi) is 4.12. The van der Waals surface area contributed by atoms with Crippen LogP contribution in [-0.4, -0.2) is 37.1 Å². The fraction of sp³-hybridized carbons (Fsp3) is 0.462. The van der Waals surface area contributed by atoms with E-state index < -0.39 is 16.0 Å². The molecule has 0 aliphatic carbocycles. The first-order chi connectivity index (χ1) is 9.34. The average Bonchev–Trinajstić information content (AvgIpc) is 2.42. The van der Waals surface area contributed by atoms with E-state index in [1.54, 1.807) is 13.8 Å². The lowest BCUT2D eigenvalue weighted by Crippen LogP contribution is -2.36. The maximum Gasteiger partial charge on any atom is 0.335 e. The smallest absolute Gasteiger partial charge is 0.335 e. The van der Waals surface area contributed by atoms with Crippen molar-refractivity contribution in [2.75, 3.05) is 13.2 Å². The highest BCUT2D eigenvalue weighted by atomic mass is 32.2. The Hall–Kier alpha value is -1.44. The molecule has 1 fully saturated rings. The van der Waals surface area contributed by atoms with Gasteiger partial charge in [-0.15, -0.1) is 0 Å². The zero-order valence-electron chi connectivity index (χ0n) is 11.4. The molecule has 1 aliphatic rings. The third-order valence-electron chi connectivity index (χ3n) is 3.38. The molecule has 20 heavy (non-hydrogen) atoms. The Labute approximate surface area is 118 Å². The Morgan fingerprint density at radius 1 is 1.30 bits per heavy atom. The molecule has 1 N–H and O–H groups in total. The minimum Gasteiger partial charge on any atom is -0.478 e. The van der Waals surface area contributed by atoms with Gasteiger partial charge in [-0.2, -0.15) is 0 Å². The molecule has 7 heteroatoms. The van der Waals surface area contributed by atoms with E-state index in [0.717, 1.165) is 17.3 Å². The SMILES string of the molecule is Cc1cc(C(=O)O)cc(S(=O)(=O)N2CCCCO2)c1C. The van der Waals surface area contributed by atoms with E-state index in [-0.39, 0.29) is 17.0 Å². The van der Waals surface area contributed by atoms with Crippen LogP contribution in [0.3, 0.4) is 0 Å². The third kappa shape index (κ3) is 2.70. The summed E-state index contributed by atoms with van der Waals surface area (Å²) in [4.78, 5) is 16.3. The molecule has 1 aromatic carbocycles. The number of rotatable bonds is 3. The van der Waals surface area contributed by atoms with Crippen molar-refractivity contribution in [1.82, 2.24) is 4.47 Å². The number of nitrogens with zero attached hydrogens (tertiary/aromatic N) is 1. The highest BCUT2D eigenvalue weighted by molar-refractivity contribution is 7.89. The molecule has 0 saturated carbocycles. The van der Waals surface area contributed by atoms with Crippen LogP contribution in [0.15, 0.2) is 17.0 Å². The lowest BCUT2D eigenvalue weighted by molar-refractivity contribution is -0.108. The van der Waals surface area contributed by atoms with E-state index in [1.807, 2.05) is 0 Å². The molecule has 0 atom stereocenters. The van der Waals surface area contributed by atoms with Crippen molar-refractivity contribution < 1.29 is 23.2 Å². The number of carboxylic acid groups (broad SMARTS) is 1. The molecule has 110 valence electrons. The number of carbonyl (C=O) groups is 1. The Balaban J connectivity index is 2.52. The molecule has 1 heterocycles. The van der Waals surface area contributed by atoms with Crippen molar-refractivity contribution >= 4 is 16.0 Å². The van der Waals surface area contributed by atoms with Crippen molar-refractivity contribution in [3.8, 4) is 0 Å². The summed E-state index contributed by atoms with van der Waals surface area (Å²) in [5.74, 6) is -1.15. The number of aromatic carboxylic acids is 1. The van der Waals surface area contributed by atoms with E-state index in [1.165, 1.54) is 12.1 Å². The summed E-state index contributed by atoms with van der Waals surface area (Å²) in [7, 11) is -3.82. The number of hydrogen-bond donors (Lipinski definition) is 1. The molecule has 0 amide bonds. The number of carboxylic acids is 1. The average molecular weight is 299 g/mol. The Morgan fingerprint density at radius 2 is 2.00 bits per heavy atom. The molecule has 0 bridgehead atoms. The molecule has 6 nitrogen and oxygen atoms in total. The van der Waals surface area contributed by atoms with Crippen LogP contribution in [0.25, 0.3) is 0 Å². The summed E-state index contributed by atoms with van der Waals surface area (Å²) >= 11 is 0. The van der Waals surface area contributed by atoms with Gasteiger partial charge in [0.2, 0.25) is 0 Å². The fourth-order valence-corrected chi connectivity index (χ4v) is 3.72. The normalized spacial score (nSPS) is 17.1. The van der Waals surface area contributed by atoms with E-state index in [4.69, 9.17) is 9.94 Å². The predicted molar refractivity (Wildman–Crippen MR) is 72.0 cm³/mol. The molecule has 1 saturated heterocycles. The molecule has 0 radical (unpaired) electrons. The minimum atomic E-state index is -3.82. The van der Waals surface area contributed by atoms with Gasteiger partial charge >= 0.3 is 5.97 Å². The second-order valence-electron chi connectivity index (χ2n) is 4.79. The van der Waals surface area contributed by atoms with Gasteiger partial charge in [0.05, 0.1) is 17.1 Å². The van der Waals surface area contributed by atoms with Gasteiger partial charge in [-0.05, 0) is 49.9 Å². The Bertz CT molecular complexity index is 632. The molecular weight excluding hydrogens is 282 g/mol. The van der Waals surface area contributed by atoms with Crippen LogP contribution in [0.5, 0.6) is 0 Å². The predicted octanol–water partition coefficient (Wildman–Crippen LogP) is 1.72. The maximum absolute atomic E-state index is 12.5. The van der Waals surface area contributed by atoms with Crippen molar-refractivity contribution in [3.05, 3.63) is 28.8 Å². The highest BCUT2D eigenvalue weighted by Crippen LogP contribution is 2.26. The van der Waals surface area contributed by atoms with Crippen LogP contribution >= 0.6 is 0 Å². The first-order valence-corrected chi connectivity index (χ1v) is 7.78. The zero-order valence-corrected chi connectivity index (χ0v) is 12.2. The lowest BCUT2D eigenvalue weighted by atomic mass is 10.1. The van der Waals surface area contributed by atoms with Gasteiger partial charge in [0.25, 0.3) is 10.0 Å². The van der Waals surface area contributed by atoms with Crippen LogP contribution in [0, 0.1) is 13.8 Å². The fourth-order valence-electron chi connectivity index (χ4n) is 2.09. The lowest BCUT2D eigenvalue weighted by Gasteiger charge is -2.26. The standard InChI is InChI=1S/C13H17NO5S/c1-9-7-11(13(15)16)8-12(10(9)2)20(17,18)14-5-3-4-6-19-14/h7-8H,3-6H2,1-2H3,(H,15,16). The van der Waals surface area contributed by atoms with Gasteiger partial charge in [0.1, 0.15) is 0 Å².